The van der Waals surface area contributed by atoms with Crippen molar-refractivity contribution in [2.45, 2.75) is 0 Å². The van der Waals surface area contributed by atoms with Crippen LogP contribution in [0.1, 0.15) is 11.1 Å². The second-order valence-corrected chi connectivity index (χ2v) is 3.72. The van der Waals surface area contributed by atoms with Crippen molar-refractivity contribution in [3.8, 4) is 5.75 Å². The highest BCUT2D eigenvalue weighted by Crippen LogP contribution is 2.13. The van der Waals surface area contributed by atoms with E-state index in [1.807, 2.05) is 48.6 Å². The fourth-order valence-electron chi connectivity index (χ4n) is 1.47. The third-order valence-corrected chi connectivity index (χ3v) is 2.45. The highest BCUT2D eigenvalue weighted by Gasteiger charge is 1.93. The predicted octanol–water partition coefficient (Wildman–Crippen LogP) is 2.15. The lowest BCUT2D eigenvalue weighted by Gasteiger charge is -1.96. The topological polar surface area (TPSA) is 57.1 Å². The Morgan fingerprint density at radius 1 is 0.765 bits per heavy atom. The number of rotatable bonds is 3. The molecule has 0 bridgehead atoms. The smallest absolute Gasteiger partial charge is 0.161 e. The van der Waals surface area contributed by atoms with E-state index >= 15 is 0 Å². The molecule has 0 amide bonds. The second kappa shape index (κ2) is 5.30. The van der Waals surface area contributed by atoms with E-state index in [1.54, 1.807) is 12.1 Å². The first kappa shape index (κ1) is 11.4. The number of nitrogens with two attached hydrogens (primary N) is 1. The van der Waals surface area contributed by atoms with Crippen LogP contribution in [-0.2, 0) is 0 Å². The minimum Gasteiger partial charge on any atom is -0.508 e. The lowest BCUT2D eigenvalue weighted by Crippen LogP contribution is -2.73. The van der Waals surface area contributed by atoms with Gasteiger partial charge in [0.25, 0.3) is 0 Å². The van der Waals surface area contributed by atoms with Gasteiger partial charge in [-0.3, -0.25) is 0 Å². The van der Waals surface area contributed by atoms with Crippen molar-refractivity contribution in [1.29, 1.82) is 0 Å². The van der Waals surface area contributed by atoms with E-state index in [9.17, 15) is 0 Å². The molecule has 3 heteroatoms. The summed E-state index contributed by atoms with van der Waals surface area (Å²) < 4.78 is 0. The summed E-state index contributed by atoms with van der Waals surface area (Å²) in [6.07, 6.45) is 3.95. The van der Waals surface area contributed by atoms with E-state index in [0.717, 1.165) is 22.3 Å². The summed E-state index contributed by atoms with van der Waals surface area (Å²) in [5.41, 5.74) is 3.95. The van der Waals surface area contributed by atoms with Crippen molar-refractivity contribution in [3.05, 3.63) is 59.7 Å². The first-order valence-corrected chi connectivity index (χ1v) is 5.32. The molecule has 0 atom stereocenters. The number of phenols is 1. The van der Waals surface area contributed by atoms with E-state index < -0.39 is 0 Å². The highest BCUT2D eigenvalue weighted by molar-refractivity contribution is 5.70. The Hall–Kier alpha value is -2.10. The van der Waals surface area contributed by atoms with Crippen molar-refractivity contribution >= 4 is 17.8 Å². The number of quaternary nitrogens is 1. The van der Waals surface area contributed by atoms with Gasteiger partial charge in [0.05, 0.1) is 0 Å². The van der Waals surface area contributed by atoms with Gasteiger partial charge in [-0.1, -0.05) is 24.3 Å². The maximum atomic E-state index is 9.15. The standard InChI is InChI=1S/C14H13NO2/c16-14-9-5-12(6-10-14)2-1-11-3-7-13(15-17)8-4-11/h1-10,15-17H/p+1/b2-1+. The monoisotopic (exact) mass is 228 g/mol. The van der Waals surface area contributed by atoms with Crippen molar-refractivity contribution in [1.82, 2.24) is 0 Å². The van der Waals surface area contributed by atoms with E-state index in [2.05, 4.69) is 0 Å². The highest BCUT2D eigenvalue weighted by atomic mass is 16.5. The van der Waals surface area contributed by atoms with Crippen LogP contribution in [0.25, 0.3) is 12.2 Å². The number of aromatic hydroxyl groups is 1. The molecule has 0 saturated heterocycles. The molecule has 0 aliphatic heterocycles. The van der Waals surface area contributed by atoms with Gasteiger partial charge in [0.15, 0.2) is 5.69 Å². The molecule has 0 aliphatic rings. The Labute approximate surface area is 99.6 Å². The molecule has 2 rings (SSSR count). The quantitative estimate of drug-likeness (QED) is 0.428. The average molecular weight is 228 g/mol. The van der Waals surface area contributed by atoms with Gasteiger partial charge in [-0.15, -0.1) is 0 Å². The third kappa shape index (κ3) is 3.17. The molecule has 4 N–H and O–H groups in total. The lowest BCUT2D eigenvalue weighted by atomic mass is 10.1. The molecule has 86 valence electrons. The number of phenolic OH excluding ortho intramolecular Hbond substituents is 1. The van der Waals surface area contributed by atoms with Crippen LogP contribution < -0.4 is 5.48 Å². The number of hydrogen-bond donors (Lipinski definition) is 3. The summed E-state index contributed by atoms with van der Waals surface area (Å²) in [7, 11) is 0. The van der Waals surface area contributed by atoms with E-state index in [4.69, 9.17) is 10.3 Å². The van der Waals surface area contributed by atoms with Gasteiger partial charge in [0.1, 0.15) is 5.75 Å². The van der Waals surface area contributed by atoms with Gasteiger partial charge in [-0.05, 0) is 35.4 Å². The largest absolute Gasteiger partial charge is 0.508 e. The lowest BCUT2D eigenvalue weighted by molar-refractivity contribution is -0.825. The molecule has 0 fully saturated rings. The number of benzene rings is 2. The SMILES string of the molecule is O[NH2+]c1ccc(/C=C/c2ccc(O)cc2)cc1. The summed E-state index contributed by atoms with van der Waals surface area (Å²) in [4.78, 5) is 0. The summed E-state index contributed by atoms with van der Waals surface area (Å²) in [6.45, 7) is 0. The minimum absolute atomic E-state index is 0.269. The van der Waals surface area contributed by atoms with Crippen molar-refractivity contribution in [2.75, 3.05) is 0 Å². The Bertz CT molecular complexity index is 501. The molecule has 0 unspecified atom stereocenters. The van der Waals surface area contributed by atoms with Gasteiger partial charge in [-0.25, -0.2) is 5.21 Å². The Morgan fingerprint density at radius 3 is 1.71 bits per heavy atom. The molecule has 0 saturated carbocycles. The molecule has 3 nitrogen and oxygen atoms in total. The van der Waals surface area contributed by atoms with Crippen LogP contribution in [0.2, 0.25) is 0 Å². The fraction of sp³-hybridized carbons (Fsp3) is 0. The second-order valence-electron chi connectivity index (χ2n) is 3.72. The van der Waals surface area contributed by atoms with E-state index in [-0.39, 0.29) is 5.75 Å². The Balaban J connectivity index is 2.11. The predicted molar refractivity (Wildman–Crippen MR) is 66.8 cm³/mol. The van der Waals surface area contributed by atoms with Crippen molar-refractivity contribution < 1.29 is 15.8 Å². The first-order chi connectivity index (χ1) is 8.28. The average Bonchev–Trinajstić information content (AvgIpc) is 2.39. The summed E-state index contributed by atoms with van der Waals surface area (Å²) in [5.74, 6) is 0.269. The Morgan fingerprint density at radius 2 is 1.24 bits per heavy atom. The van der Waals surface area contributed by atoms with Crippen LogP contribution >= 0.6 is 0 Å². The molecule has 2 aromatic rings. The normalized spacial score (nSPS) is 10.9. The summed E-state index contributed by atoms with van der Waals surface area (Å²) >= 11 is 0. The summed E-state index contributed by atoms with van der Waals surface area (Å²) in [5, 5.41) is 17.9. The van der Waals surface area contributed by atoms with Crippen LogP contribution in [0.3, 0.4) is 0 Å². The molecule has 0 radical (unpaired) electrons. The van der Waals surface area contributed by atoms with Crippen LogP contribution in [-0.4, -0.2) is 10.3 Å². The first-order valence-electron chi connectivity index (χ1n) is 5.32. The molecule has 0 spiro atoms. The van der Waals surface area contributed by atoms with Crippen LogP contribution in [0.15, 0.2) is 48.5 Å². The number of hydrogen-bond acceptors (Lipinski definition) is 2. The molecular formula is C14H14NO2+. The minimum atomic E-state index is 0.269. The molecule has 0 aromatic heterocycles. The van der Waals surface area contributed by atoms with E-state index in [1.165, 1.54) is 0 Å². The van der Waals surface area contributed by atoms with Crippen LogP contribution in [0.4, 0.5) is 5.69 Å². The molecule has 0 heterocycles. The van der Waals surface area contributed by atoms with Crippen LogP contribution in [0, 0.1) is 0 Å². The molecule has 2 aromatic carbocycles. The molecular weight excluding hydrogens is 214 g/mol. The van der Waals surface area contributed by atoms with Gasteiger partial charge in [0, 0.05) is 12.1 Å². The van der Waals surface area contributed by atoms with Crippen molar-refractivity contribution in [2.24, 2.45) is 0 Å². The zero-order valence-corrected chi connectivity index (χ0v) is 9.25. The zero-order valence-electron chi connectivity index (χ0n) is 9.25. The van der Waals surface area contributed by atoms with Gasteiger partial charge in [-0.2, -0.15) is 5.48 Å². The zero-order chi connectivity index (χ0) is 12.1. The van der Waals surface area contributed by atoms with Gasteiger partial charge in [0.2, 0.25) is 0 Å². The maximum Gasteiger partial charge on any atom is 0.161 e. The maximum absolute atomic E-state index is 9.15. The Kier molecular flexibility index (Phi) is 3.55. The third-order valence-electron chi connectivity index (χ3n) is 2.45. The van der Waals surface area contributed by atoms with Crippen molar-refractivity contribution in [3.63, 3.8) is 0 Å². The summed E-state index contributed by atoms with van der Waals surface area (Å²) in [6, 6.07) is 14.6. The molecule has 17 heavy (non-hydrogen) atoms. The van der Waals surface area contributed by atoms with E-state index in [0.29, 0.717) is 0 Å². The van der Waals surface area contributed by atoms with Crippen LogP contribution in [0.5, 0.6) is 5.75 Å². The van der Waals surface area contributed by atoms with Gasteiger partial charge >= 0.3 is 0 Å². The fourth-order valence-corrected chi connectivity index (χ4v) is 1.47. The molecule has 0 aliphatic carbocycles. The van der Waals surface area contributed by atoms with Gasteiger partial charge < -0.3 is 5.11 Å².